The molecule has 0 saturated carbocycles. The van der Waals surface area contributed by atoms with Crippen LogP contribution in [0.25, 0.3) is 0 Å². The fraction of sp³-hybridized carbons (Fsp3) is 0.391. The Morgan fingerprint density at radius 2 is 1.76 bits per heavy atom. The van der Waals surface area contributed by atoms with Crippen molar-refractivity contribution in [2.45, 2.75) is 18.7 Å². The van der Waals surface area contributed by atoms with Gasteiger partial charge in [-0.1, -0.05) is 6.07 Å². The fourth-order valence-electron chi connectivity index (χ4n) is 3.57. The smallest absolute Gasteiger partial charge is 0.254 e. The molecule has 2 aromatic carbocycles. The van der Waals surface area contributed by atoms with Gasteiger partial charge in [0.15, 0.2) is 0 Å². The van der Waals surface area contributed by atoms with E-state index < -0.39 is 15.9 Å². The van der Waals surface area contributed by atoms with Crippen LogP contribution in [0, 0.1) is 6.92 Å². The molecule has 2 amide bonds. The molecule has 1 heterocycles. The van der Waals surface area contributed by atoms with Gasteiger partial charge in [-0.05, 0) is 62.9 Å². The lowest BCUT2D eigenvalue weighted by Crippen LogP contribution is -2.38. The van der Waals surface area contributed by atoms with Crippen molar-refractivity contribution < 1.29 is 22.7 Å². The van der Waals surface area contributed by atoms with Gasteiger partial charge in [0.2, 0.25) is 15.9 Å². The Morgan fingerprint density at radius 1 is 1.09 bits per heavy atom. The number of carbonyl (C=O) groups is 2. The van der Waals surface area contributed by atoms with E-state index in [1.165, 1.54) is 24.1 Å². The minimum absolute atomic E-state index is 0.000174. The summed E-state index contributed by atoms with van der Waals surface area (Å²) in [6.45, 7) is 6.70. The summed E-state index contributed by atoms with van der Waals surface area (Å²) in [5.41, 5.74) is 2.58. The molecule has 1 aliphatic heterocycles. The summed E-state index contributed by atoms with van der Waals surface area (Å²) in [7, 11) is -2.38. The van der Waals surface area contributed by atoms with Crippen LogP contribution in [-0.4, -0.2) is 71.6 Å². The highest BCUT2D eigenvalue weighted by atomic mass is 32.2. The van der Waals surface area contributed by atoms with Gasteiger partial charge in [0.25, 0.3) is 5.91 Å². The maximum absolute atomic E-state index is 13.1. The molecule has 1 saturated heterocycles. The van der Waals surface area contributed by atoms with Crippen molar-refractivity contribution in [3.8, 4) is 0 Å². The molecule has 3 rings (SSSR count). The number of anilines is 2. The zero-order valence-electron chi connectivity index (χ0n) is 19.1. The lowest BCUT2D eigenvalue weighted by Gasteiger charge is -2.29. The van der Waals surface area contributed by atoms with Crippen LogP contribution in [0.1, 0.15) is 22.8 Å². The zero-order chi connectivity index (χ0) is 24.0. The number of benzene rings is 2. The Hall–Kier alpha value is -2.95. The largest absolute Gasteiger partial charge is 0.378 e. The highest BCUT2D eigenvalue weighted by Gasteiger charge is 2.22. The van der Waals surface area contributed by atoms with Crippen LogP contribution in [0.15, 0.2) is 47.4 Å². The number of aryl methyl sites for hydroxylation is 1. The molecule has 33 heavy (non-hydrogen) atoms. The molecular weight excluding hydrogens is 444 g/mol. The van der Waals surface area contributed by atoms with E-state index in [-0.39, 0.29) is 22.9 Å². The van der Waals surface area contributed by atoms with Gasteiger partial charge in [0.1, 0.15) is 6.54 Å². The Morgan fingerprint density at radius 3 is 2.36 bits per heavy atom. The van der Waals surface area contributed by atoms with Crippen molar-refractivity contribution in [1.82, 2.24) is 9.62 Å². The number of ether oxygens (including phenoxy) is 1. The molecule has 1 aliphatic rings. The van der Waals surface area contributed by atoms with Crippen LogP contribution in [0.2, 0.25) is 0 Å². The monoisotopic (exact) mass is 474 g/mol. The molecule has 178 valence electrons. The van der Waals surface area contributed by atoms with Gasteiger partial charge in [-0.15, -0.1) is 0 Å². The van der Waals surface area contributed by atoms with Gasteiger partial charge in [-0.2, -0.15) is 0 Å². The predicted molar refractivity (Wildman–Crippen MR) is 127 cm³/mol. The first-order chi connectivity index (χ1) is 15.7. The van der Waals surface area contributed by atoms with E-state index in [4.69, 9.17) is 4.74 Å². The van der Waals surface area contributed by atoms with Gasteiger partial charge >= 0.3 is 0 Å². The summed E-state index contributed by atoms with van der Waals surface area (Å²) in [4.78, 5) is 29.3. The molecule has 0 aliphatic carbocycles. The third-order valence-electron chi connectivity index (χ3n) is 5.55. The average Bonchev–Trinajstić information content (AvgIpc) is 2.83. The topological polar surface area (TPSA) is 108 Å². The number of likely N-dealkylation sites (N-methyl/N-ethyl adjacent to an activating group) is 1. The number of nitrogens with one attached hydrogen (secondary N) is 2. The van der Waals surface area contributed by atoms with Crippen LogP contribution in [0.5, 0.6) is 0 Å². The molecule has 0 aromatic heterocycles. The standard InChI is InChI=1S/C23H30N4O5S/c1-4-26(23(29)21-15-20(10-5-17(21)2)33(30,31)24-3)16-22(28)25-18-6-8-19(9-7-18)27-11-13-32-14-12-27/h5-10,15,24H,4,11-14,16H2,1-3H3,(H,25,28). The molecule has 2 aromatic rings. The summed E-state index contributed by atoms with van der Waals surface area (Å²) in [5, 5.41) is 2.82. The molecule has 10 heteroatoms. The molecule has 9 nitrogen and oxygen atoms in total. The second kappa shape index (κ2) is 10.8. The second-order valence-corrected chi connectivity index (χ2v) is 9.58. The molecular formula is C23H30N4O5S. The summed E-state index contributed by atoms with van der Waals surface area (Å²) in [6.07, 6.45) is 0. The molecule has 0 spiro atoms. The van der Waals surface area contributed by atoms with Gasteiger partial charge < -0.3 is 19.9 Å². The van der Waals surface area contributed by atoms with Crippen LogP contribution in [0.3, 0.4) is 0 Å². The Labute approximate surface area is 194 Å². The van der Waals surface area contributed by atoms with E-state index in [1.54, 1.807) is 19.9 Å². The van der Waals surface area contributed by atoms with Crippen molar-refractivity contribution in [3.63, 3.8) is 0 Å². The van der Waals surface area contributed by atoms with Crippen molar-refractivity contribution in [3.05, 3.63) is 53.6 Å². The van der Waals surface area contributed by atoms with E-state index in [0.29, 0.717) is 31.0 Å². The van der Waals surface area contributed by atoms with E-state index in [1.807, 2.05) is 24.3 Å². The highest BCUT2D eigenvalue weighted by molar-refractivity contribution is 7.89. The maximum atomic E-state index is 13.1. The number of rotatable bonds is 8. The first-order valence-electron chi connectivity index (χ1n) is 10.8. The summed E-state index contributed by atoms with van der Waals surface area (Å²) in [6, 6.07) is 11.9. The Kier molecular flexibility index (Phi) is 8.06. The molecule has 0 radical (unpaired) electrons. The van der Waals surface area contributed by atoms with Gasteiger partial charge in [-0.25, -0.2) is 13.1 Å². The summed E-state index contributed by atoms with van der Waals surface area (Å²) >= 11 is 0. The lowest BCUT2D eigenvalue weighted by atomic mass is 10.1. The van der Waals surface area contributed by atoms with Crippen molar-refractivity contribution in [2.24, 2.45) is 0 Å². The van der Waals surface area contributed by atoms with E-state index in [2.05, 4.69) is 14.9 Å². The first kappa shape index (κ1) is 24.7. The van der Waals surface area contributed by atoms with Gasteiger partial charge in [0, 0.05) is 36.6 Å². The number of carbonyl (C=O) groups excluding carboxylic acids is 2. The van der Waals surface area contributed by atoms with E-state index in [0.717, 1.165) is 18.8 Å². The first-order valence-corrected chi connectivity index (χ1v) is 12.3. The van der Waals surface area contributed by atoms with Crippen molar-refractivity contribution in [1.29, 1.82) is 0 Å². The van der Waals surface area contributed by atoms with E-state index in [9.17, 15) is 18.0 Å². The summed E-state index contributed by atoms with van der Waals surface area (Å²) in [5.74, 6) is -0.734. The average molecular weight is 475 g/mol. The third-order valence-corrected chi connectivity index (χ3v) is 6.96. The second-order valence-electron chi connectivity index (χ2n) is 7.70. The van der Waals surface area contributed by atoms with E-state index >= 15 is 0 Å². The lowest BCUT2D eigenvalue weighted by molar-refractivity contribution is -0.116. The van der Waals surface area contributed by atoms with Gasteiger partial charge in [0.05, 0.1) is 18.1 Å². The third kappa shape index (κ3) is 6.10. The normalized spacial score (nSPS) is 14.1. The Balaban J connectivity index is 1.67. The number of hydrogen-bond donors (Lipinski definition) is 2. The van der Waals surface area contributed by atoms with Crippen LogP contribution >= 0.6 is 0 Å². The summed E-state index contributed by atoms with van der Waals surface area (Å²) < 4.78 is 31.9. The zero-order valence-corrected chi connectivity index (χ0v) is 19.9. The maximum Gasteiger partial charge on any atom is 0.254 e. The minimum atomic E-state index is -3.69. The highest BCUT2D eigenvalue weighted by Crippen LogP contribution is 2.20. The Bertz CT molecular complexity index is 1100. The molecule has 0 unspecified atom stereocenters. The molecule has 0 atom stereocenters. The van der Waals surface area contributed by atoms with Crippen molar-refractivity contribution >= 4 is 33.2 Å². The predicted octanol–water partition coefficient (Wildman–Crippen LogP) is 1.84. The number of morpholine rings is 1. The van der Waals surface area contributed by atoms with Crippen LogP contribution < -0.4 is 14.9 Å². The number of amides is 2. The van der Waals surface area contributed by atoms with Crippen molar-refractivity contribution in [2.75, 3.05) is 56.7 Å². The molecule has 2 N–H and O–H groups in total. The van der Waals surface area contributed by atoms with Crippen LogP contribution in [0.4, 0.5) is 11.4 Å². The van der Waals surface area contributed by atoms with Gasteiger partial charge in [-0.3, -0.25) is 9.59 Å². The van der Waals surface area contributed by atoms with Crippen LogP contribution in [-0.2, 0) is 19.6 Å². The number of sulfonamides is 1. The quantitative estimate of drug-likeness (QED) is 0.605. The SMILES string of the molecule is CCN(CC(=O)Nc1ccc(N2CCOCC2)cc1)C(=O)c1cc(S(=O)(=O)NC)ccc1C. The number of hydrogen-bond acceptors (Lipinski definition) is 6. The number of nitrogens with zero attached hydrogens (tertiary/aromatic N) is 2. The molecule has 0 bridgehead atoms. The minimum Gasteiger partial charge on any atom is -0.378 e. The molecule has 1 fully saturated rings. The fourth-order valence-corrected chi connectivity index (χ4v) is 4.32.